The van der Waals surface area contributed by atoms with E-state index in [1.807, 2.05) is 12.1 Å². The number of carbonyl (C=O) groups excluding carboxylic acids is 3. The van der Waals surface area contributed by atoms with Gasteiger partial charge in [0.25, 0.3) is 0 Å². The summed E-state index contributed by atoms with van der Waals surface area (Å²) in [5.41, 5.74) is 0.180. The van der Waals surface area contributed by atoms with Crippen molar-refractivity contribution in [3.8, 4) is 0 Å². The van der Waals surface area contributed by atoms with Crippen LogP contribution in [0.5, 0.6) is 0 Å². The summed E-state index contributed by atoms with van der Waals surface area (Å²) < 4.78 is 4.95. The number of hydrogen-bond donors (Lipinski definition) is 0. The summed E-state index contributed by atoms with van der Waals surface area (Å²) in [6, 6.07) is 5.43. The van der Waals surface area contributed by atoms with Crippen LogP contribution in [-0.4, -0.2) is 36.2 Å². The first kappa shape index (κ1) is 23.9. The number of nitrogens with zero attached hydrogens (tertiary/aromatic N) is 1. The summed E-state index contributed by atoms with van der Waals surface area (Å²) in [6.45, 7) is 6.63. The van der Waals surface area contributed by atoms with Gasteiger partial charge in [-0.15, -0.1) is 0 Å². The summed E-state index contributed by atoms with van der Waals surface area (Å²) >= 11 is -2.81. The van der Waals surface area contributed by atoms with E-state index in [2.05, 4.69) is 20.8 Å². The molecule has 0 radical (unpaired) electrons. The predicted molar refractivity (Wildman–Crippen MR) is 117 cm³/mol. The van der Waals surface area contributed by atoms with E-state index in [9.17, 15) is 19.5 Å². The molecule has 1 fully saturated rings. The number of amides is 2. The van der Waals surface area contributed by atoms with E-state index in [1.165, 1.54) is 36.2 Å². The van der Waals surface area contributed by atoms with E-state index in [0.29, 0.717) is 0 Å². The third-order valence-corrected chi connectivity index (χ3v) is 21.8. The molecule has 0 bridgehead atoms. The van der Waals surface area contributed by atoms with Gasteiger partial charge in [-0.2, -0.15) is 0 Å². The second-order valence-corrected chi connectivity index (χ2v) is 21.5. The molecule has 160 valence electrons. The standard InChI is InChI=1S/C11H8NO4.3C4H9.Sn/c13-9-5-6-10(14)12(9)8-4-2-1-3-7(8)11(15)16;3*1-3-4-2;/h1,3-4H,5-6H2,(H,15,16);3*1,3-4H2,2H3;/p-1. The molecule has 1 aliphatic rings. The van der Waals surface area contributed by atoms with Crippen LogP contribution in [0.1, 0.15) is 82.5 Å². The van der Waals surface area contributed by atoms with Crippen molar-refractivity contribution in [2.75, 3.05) is 4.90 Å². The van der Waals surface area contributed by atoms with Gasteiger partial charge < -0.3 is 0 Å². The van der Waals surface area contributed by atoms with Crippen LogP contribution < -0.4 is 13.6 Å². The normalized spacial score (nSPS) is 14.7. The molecule has 5 nitrogen and oxygen atoms in total. The Balaban J connectivity index is 2.59. The van der Waals surface area contributed by atoms with E-state index in [-0.39, 0.29) is 35.9 Å². The monoisotopic (exact) mass is 508 g/mol. The van der Waals surface area contributed by atoms with Gasteiger partial charge in [0.2, 0.25) is 0 Å². The molecule has 1 aliphatic heterocycles. The van der Waals surface area contributed by atoms with Gasteiger partial charge in [-0.1, -0.05) is 0 Å². The van der Waals surface area contributed by atoms with Crippen LogP contribution in [0, 0.1) is 0 Å². The molecule has 6 heteroatoms. The first-order chi connectivity index (χ1) is 13.9. The first-order valence-corrected chi connectivity index (χ1v) is 18.6. The maximum atomic E-state index is 12.3. The molecule has 29 heavy (non-hydrogen) atoms. The van der Waals surface area contributed by atoms with Crippen molar-refractivity contribution < 1.29 is 19.5 Å². The number of unbranched alkanes of at least 4 members (excludes halogenated alkanes) is 3. The molecule has 1 aromatic carbocycles. The van der Waals surface area contributed by atoms with Crippen molar-refractivity contribution in [1.82, 2.24) is 0 Å². The van der Waals surface area contributed by atoms with Gasteiger partial charge in [-0.3, -0.25) is 0 Å². The first-order valence-electron chi connectivity index (χ1n) is 11.1. The molecule has 0 N–H and O–H groups in total. The molecule has 1 saturated heterocycles. The van der Waals surface area contributed by atoms with Gasteiger partial charge in [0.1, 0.15) is 0 Å². The van der Waals surface area contributed by atoms with Crippen molar-refractivity contribution >= 4 is 45.4 Å². The maximum absolute atomic E-state index is 12.3. The average Bonchev–Trinajstić information content (AvgIpc) is 3.05. The van der Waals surface area contributed by atoms with Crippen LogP contribution in [0.15, 0.2) is 18.2 Å². The topological polar surface area (TPSA) is 77.5 Å². The SMILES string of the molecule is CCC[CH2][Sn]([CH2]CCC)([CH2]CCC)[c]1ccc(C(=O)[O-])c(N2C(=O)CCC2=O)c1. The average molecular weight is 507 g/mol. The molecule has 0 aliphatic carbocycles. The Hall–Kier alpha value is -1.37. The fourth-order valence-electron chi connectivity index (χ4n) is 4.42. The number of imide groups is 1. The molecule has 0 saturated carbocycles. The van der Waals surface area contributed by atoms with Crippen molar-refractivity contribution in [1.29, 1.82) is 0 Å². The molecule has 0 unspecified atom stereocenters. The van der Waals surface area contributed by atoms with Crippen LogP contribution >= 0.6 is 0 Å². The second kappa shape index (κ2) is 11.1. The number of anilines is 1. The molecule has 0 aromatic heterocycles. The molecular weight excluding hydrogens is 473 g/mol. The number of carboxylic acid groups (broad SMARTS) is 1. The second-order valence-electron chi connectivity index (χ2n) is 8.23. The molecule has 1 aromatic rings. The van der Waals surface area contributed by atoms with Gasteiger partial charge in [-0.05, 0) is 0 Å². The molecule has 2 rings (SSSR count). The van der Waals surface area contributed by atoms with Crippen LogP contribution in [0.2, 0.25) is 13.3 Å². The number of rotatable bonds is 12. The predicted octanol–water partition coefficient (Wildman–Crippen LogP) is 3.76. The summed E-state index contributed by atoms with van der Waals surface area (Å²) in [7, 11) is 0. The van der Waals surface area contributed by atoms with E-state index < -0.39 is 24.3 Å². The van der Waals surface area contributed by atoms with Crippen molar-refractivity contribution in [2.45, 2.75) is 85.4 Å². The van der Waals surface area contributed by atoms with E-state index in [1.54, 1.807) is 6.07 Å². The Bertz CT molecular complexity index is 709. The van der Waals surface area contributed by atoms with Crippen LogP contribution in [0.25, 0.3) is 0 Å². The summed E-state index contributed by atoms with van der Waals surface area (Å²) in [5.74, 6) is -1.97. The van der Waals surface area contributed by atoms with Gasteiger partial charge >= 0.3 is 179 Å². The quantitative estimate of drug-likeness (QED) is 0.319. The Morgan fingerprint density at radius 3 is 1.83 bits per heavy atom. The minimum absolute atomic E-state index is 0.0565. The Morgan fingerprint density at radius 1 is 0.931 bits per heavy atom. The Morgan fingerprint density at radius 2 is 1.41 bits per heavy atom. The van der Waals surface area contributed by atoms with Crippen LogP contribution in [0.3, 0.4) is 0 Å². The van der Waals surface area contributed by atoms with Gasteiger partial charge in [0, 0.05) is 0 Å². The minimum atomic E-state index is -2.81. The van der Waals surface area contributed by atoms with Crippen molar-refractivity contribution in [3.63, 3.8) is 0 Å². The third kappa shape index (κ3) is 5.62. The van der Waals surface area contributed by atoms with E-state index in [4.69, 9.17) is 0 Å². The summed E-state index contributed by atoms with van der Waals surface area (Å²) in [5, 5.41) is 11.7. The van der Waals surface area contributed by atoms with Crippen LogP contribution in [-0.2, 0) is 9.59 Å². The number of aromatic carboxylic acids is 1. The molecule has 0 atom stereocenters. The third-order valence-electron chi connectivity index (χ3n) is 6.15. The van der Waals surface area contributed by atoms with E-state index in [0.717, 1.165) is 24.2 Å². The summed E-state index contributed by atoms with van der Waals surface area (Å²) in [4.78, 5) is 37.5. The van der Waals surface area contributed by atoms with Gasteiger partial charge in [0.05, 0.1) is 0 Å². The van der Waals surface area contributed by atoms with Gasteiger partial charge in [-0.25, -0.2) is 0 Å². The van der Waals surface area contributed by atoms with Crippen molar-refractivity contribution in [3.05, 3.63) is 23.8 Å². The zero-order valence-corrected chi connectivity index (χ0v) is 20.9. The number of carboxylic acids is 1. The van der Waals surface area contributed by atoms with Crippen LogP contribution in [0.4, 0.5) is 5.69 Å². The summed E-state index contributed by atoms with van der Waals surface area (Å²) in [6.07, 6.45) is 7.27. The van der Waals surface area contributed by atoms with Crippen molar-refractivity contribution in [2.24, 2.45) is 0 Å². The fourth-order valence-corrected chi connectivity index (χ4v) is 20.4. The number of hydrogen-bond acceptors (Lipinski definition) is 4. The Labute approximate surface area is 178 Å². The molecule has 2 amide bonds. The fraction of sp³-hybridized carbons (Fsp3) is 0.609. The molecule has 1 heterocycles. The molecule has 0 spiro atoms. The number of benzene rings is 1. The number of carbonyl (C=O) groups is 3. The zero-order chi connectivity index (χ0) is 21.4. The zero-order valence-electron chi connectivity index (χ0n) is 18.1. The molecular formula is C23H34NO4Sn-. The van der Waals surface area contributed by atoms with Gasteiger partial charge in [0.15, 0.2) is 0 Å². The van der Waals surface area contributed by atoms with E-state index >= 15 is 0 Å². The Kier molecular flexibility index (Phi) is 9.18.